The number of anilines is 1. The maximum absolute atomic E-state index is 11.3. The summed E-state index contributed by atoms with van der Waals surface area (Å²) in [5, 5.41) is 0.0342. The molecule has 0 N–H and O–H groups in total. The van der Waals surface area contributed by atoms with Crippen molar-refractivity contribution in [2.24, 2.45) is 0 Å². The summed E-state index contributed by atoms with van der Waals surface area (Å²) in [6.45, 7) is 1.99. The van der Waals surface area contributed by atoms with Crippen LogP contribution in [0, 0.1) is 0 Å². The van der Waals surface area contributed by atoms with Crippen LogP contribution in [0.25, 0.3) is 0 Å². The first-order valence-electron chi connectivity index (χ1n) is 4.86. The minimum absolute atomic E-state index is 0.0342. The molecule has 1 aliphatic rings. The standard InChI is InChI=1S/C10H9Cl2NO3S/c1-6(14)13-3-2-7-4-10(17(12,15)16)8(11)5-9(7)13/h4-5H,2-3H2,1H3. The molecule has 1 aliphatic heterocycles. The van der Waals surface area contributed by atoms with Gasteiger partial charge in [-0.1, -0.05) is 11.6 Å². The van der Waals surface area contributed by atoms with Gasteiger partial charge in [0.25, 0.3) is 9.05 Å². The predicted octanol–water partition coefficient (Wildman–Crippen LogP) is 2.18. The van der Waals surface area contributed by atoms with E-state index >= 15 is 0 Å². The Labute approximate surface area is 109 Å². The number of amides is 1. The molecular weight excluding hydrogens is 285 g/mol. The Morgan fingerprint density at radius 1 is 1.41 bits per heavy atom. The van der Waals surface area contributed by atoms with Crippen LogP contribution in [0.5, 0.6) is 0 Å². The van der Waals surface area contributed by atoms with E-state index in [0.29, 0.717) is 18.7 Å². The average molecular weight is 294 g/mol. The molecule has 0 spiro atoms. The van der Waals surface area contributed by atoms with Crippen molar-refractivity contribution in [3.63, 3.8) is 0 Å². The number of halogens is 2. The molecule has 0 bridgehead atoms. The zero-order valence-corrected chi connectivity index (χ0v) is 11.2. The van der Waals surface area contributed by atoms with Crippen LogP contribution < -0.4 is 4.90 Å². The fraction of sp³-hybridized carbons (Fsp3) is 0.300. The molecule has 1 amide bonds. The lowest BCUT2D eigenvalue weighted by Crippen LogP contribution is -2.25. The highest BCUT2D eigenvalue weighted by Gasteiger charge is 2.26. The summed E-state index contributed by atoms with van der Waals surface area (Å²) >= 11 is 5.86. The first-order chi connectivity index (χ1) is 7.80. The Morgan fingerprint density at radius 2 is 2.06 bits per heavy atom. The van der Waals surface area contributed by atoms with Gasteiger partial charge < -0.3 is 4.90 Å². The Morgan fingerprint density at radius 3 is 2.59 bits per heavy atom. The molecule has 0 radical (unpaired) electrons. The molecule has 1 aromatic carbocycles. The van der Waals surface area contributed by atoms with Crippen molar-refractivity contribution in [3.8, 4) is 0 Å². The SMILES string of the molecule is CC(=O)N1CCc2cc(S(=O)(=O)Cl)c(Cl)cc21. The van der Waals surface area contributed by atoms with Crippen LogP contribution in [-0.4, -0.2) is 20.9 Å². The molecular formula is C10H9Cl2NO3S. The number of hydrogen-bond acceptors (Lipinski definition) is 3. The van der Waals surface area contributed by atoms with Crippen LogP contribution in [0.3, 0.4) is 0 Å². The monoisotopic (exact) mass is 293 g/mol. The van der Waals surface area contributed by atoms with Crippen LogP contribution in [0.15, 0.2) is 17.0 Å². The summed E-state index contributed by atoms with van der Waals surface area (Å²) < 4.78 is 22.5. The second-order valence-electron chi connectivity index (χ2n) is 3.77. The highest BCUT2D eigenvalue weighted by molar-refractivity contribution is 8.13. The Bertz CT molecular complexity index is 598. The molecule has 0 aromatic heterocycles. The lowest BCUT2D eigenvalue weighted by atomic mass is 10.2. The minimum Gasteiger partial charge on any atom is -0.312 e. The van der Waals surface area contributed by atoms with Crippen molar-refractivity contribution in [3.05, 3.63) is 22.7 Å². The Kier molecular flexibility index (Phi) is 3.10. The van der Waals surface area contributed by atoms with Crippen molar-refractivity contribution in [2.45, 2.75) is 18.2 Å². The van der Waals surface area contributed by atoms with Crippen LogP contribution in [0.2, 0.25) is 5.02 Å². The normalized spacial score (nSPS) is 14.9. The van der Waals surface area contributed by atoms with Gasteiger partial charge >= 0.3 is 0 Å². The van der Waals surface area contributed by atoms with Gasteiger partial charge in [0.15, 0.2) is 0 Å². The number of rotatable bonds is 1. The van der Waals surface area contributed by atoms with Gasteiger partial charge in [-0.2, -0.15) is 0 Å². The number of carbonyl (C=O) groups is 1. The van der Waals surface area contributed by atoms with E-state index in [2.05, 4.69) is 0 Å². The Hall–Kier alpha value is -0.780. The van der Waals surface area contributed by atoms with Crippen molar-refractivity contribution >= 4 is 42.9 Å². The summed E-state index contributed by atoms with van der Waals surface area (Å²) in [6.07, 6.45) is 0.603. The maximum atomic E-state index is 11.3. The highest BCUT2D eigenvalue weighted by Crippen LogP contribution is 2.36. The molecule has 0 saturated carbocycles. The fourth-order valence-electron chi connectivity index (χ4n) is 1.90. The number of hydrogen-bond donors (Lipinski definition) is 0. The van der Waals surface area contributed by atoms with Gasteiger partial charge in [-0.05, 0) is 24.1 Å². The van der Waals surface area contributed by atoms with Crippen molar-refractivity contribution in [2.75, 3.05) is 11.4 Å². The smallest absolute Gasteiger partial charge is 0.262 e. The zero-order valence-electron chi connectivity index (χ0n) is 8.91. The third-order valence-corrected chi connectivity index (χ3v) is 4.46. The zero-order chi connectivity index (χ0) is 12.8. The van der Waals surface area contributed by atoms with Gasteiger partial charge in [0.2, 0.25) is 5.91 Å². The van der Waals surface area contributed by atoms with Crippen molar-refractivity contribution < 1.29 is 13.2 Å². The van der Waals surface area contributed by atoms with Crippen molar-refractivity contribution in [1.29, 1.82) is 0 Å². The van der Waals surface area contributed by atoms with E-state index in [1.54, 1.807) is 4.90 Å². The number of fused-ring (bicyclic) bond motifs is 1. The molecule has 0 atom stereocenters. The molecule has 0 aliphatic carbocycles. The van der Waals surface area contributed by atoms with Gasteiger partial charge in [0.05, 0.1) is 5.02 Å². The first-order valence-corrected chi connectivity index (χ1v) is 7.54. The van der Waals surface area contributed by atoms with Crippen molar-refractivity contribution in [1.82, 2.24) is 0 Å². The molecule has 0 saturated heterocycles. The van der Waals surface area contributed by atoms with Crippen LogP contribution in [0.4, 0.5) is 5.69 Å². The Balaban J connectivity index is 2.59. The summed E-state index contributed by atoms with van der Waals surface area (Å²) in [4.78, 5) is 12.8. The second kappa shape index (κ2) is 4.15. The third kappa shape index (κ3) is 2.27. The first kappa shape index (κ1) is 12.7. The average Bonchev–Trinajstić information content (AvgIpc) is 2.57. The van der Waals surface area contributed by atoms with Gasteiger partial charge in [-0.15, -0.1) is 0 Å². The second-order valence-corrected chi connectivity index (χ2v) is 6.71. The van der Waals surface area contributed by atoms with E-state index in [4.69, 9.17) is 22.3 Å². The lowest BCUT2D eigenvalue weighted by Gasteiger charge is -2.15. The largest absolute Gasteiger partial charge is 0.312 e. The molecule has 17 heavy (non-hydrogen) atoms. The number of nitrogens with zero attached hydrogens (tertiary/aromatic N) is 1. The summed E-state index contributed by atoms with van der Waals surface area (Å²) in [5.41, 5.74) is 1.43. The highest BCUT2D eigenvalue weighted by atomic mass is 35.7. The maximum Gasteiger partial charge on any atom is 0.262 e. The van der Waals surface area contributed by atoms with Gasteiger partial charge in [0, 0.05) is 29.8 Å². The summed E-state index contributed by atoms with van der Waals surface area (Å²) in [5.74, 6) is -0.0960. The third-order valence-electron chi connectivity index (χ3n) is 2.67. The van der Waals surface area contributed by atoms with Crippen LogP contribution >= 0.6 is 22.3 Å². The summed E-state index contributed by atoms with van der Waals surface area (Å²) in [6, 6.07) is 2.91. The predicted molar refractivity (Wildman–Crippen MR) is 66.2 cm³/mol. The molecule has 4 nitrogen and oxygen atoms in total. The molecule has 1 heterocycles. The molecule has 2 rings (SSSR count). The molecule has 92 valence electrons. The number of carbonyl (C=O) groups excluding carboxylic acids is 1. The van der Waals surface area contributed by atoms with Crippen LogP contribution in [-0.2, 0) is 20.3 Å². The molecule has 0 fully saturated rings. The van der Waals surface area contributed by atoms with Crippen LogP contribution in [0.1, 0.15) is 12.5 Å². The van der Waals surface area contributed by atoms with E-state index in [1.807, 2.05) is 0 Å². The van der Waals surface area contributed by atoms with E-state index in [-0.39, 0.29) is 15.8 Å². The topological polar surface area (TPSA) is 54.5 Å². The van der Waals surface area contributed by atoms with E-state index in [9.17, 15) is 13.2 Å². The molecule has 0 unspecified atom stereocenters. The lowest BCUT2D eigenvalue weighted by molar-refractivity contribution is -0.116. The van der Waals surface area contributed by atoms with E-state index in [0.717, 1.165) is 5.56 Å². The van der Waals surface area contributed by atoms with Gasteiger partial charge in [-0.3, -0.25) is 4.79 Å². The van der Waals surface area contributed by atoms with Gasteiger partial charge in [0.1, 0.15) is 4.90 Å². The molecule has 7 heteroatoms. The summed E-state index contributed by atoms with van der Waals surface area (Å²) in [7, 11) is 1.42. The van der Waals surface area contributed by atoms with E-state index < -0.39 is 9.05 Å². The molecule has 1 aromatic rings. The van der Waals surface area contributed by atoms with Gasteiger partial charge in [-0.25, -0.2) is 8.42 Å². The fourth-order valence-corrected chi connectivity index (χ4v) is 3.44. The minimum atomic E-state index is -3.86. The quantitative estimate of drug-likeness (QED) is 0.746. The number of benzene rings is 1. The van der Waals surface area contributed by atoms with E-state index in [1.165, 1.54) is 19.1 Å².